The minimum absolute atomic E-state index is 0.0836. The van der Waals surface area contributed by atoms with Crippen molar-refractivity contribution >= 4 is 34.5 Å². The zero-order valence-corrected chi connectivity index (χ0v) is 18.1. The lowest BCUT2D eigenvalue weighted by atomic mass is 10.2. The first-order valence-electron chi connectivity index (χ1n) is 10.6. The molecule has 0 spiro atoms. The summed E-state index contributed by atoms with van der Waals surface area (Å²) >= 11 is 1.54. The molecule has 5 nitrogen and oxygen atoms in total. The van der Waals surface area contributed by atoms with Gasteiger partial charge in [0.05, 0.1) is 5.75 Å². The van der Waals surface area contributed by atoms with Gasteiger partial charge in [-0.3, -0.25) is 9.59 Å². The highest BCUT2D eigenvalue weighted by atomic mass is 32.2. The summed E-state index contributed by atoms with van der Waals surface area (Å²) in [6.07, 6.45) is 6.60. The summed E-state index contributed by atoms with van der Waals surface area (Å²) in [5.74, 6) is -0.113. The number of rotatable bonds is 8. The molecule has 2 N–H and O–H groups in total. The van der Waals surface area contributed by atoms with Crippen molar-refractivity contribution in [2.45, 2.75) is 43.2 Å². The first kappa shape index (κ1) is 21.4. The average Bonchev–Trinajstić information content (AvgIpc) is 3.41. The number of amides is 2. The number of nitrogens with one attached hydrogen (secondary N) is 2. The van der Waals surface area contributed by atoms with Crippen LogP contribution in [0.25, 0.3) is 10.9 Å². The highest BCUT2D eigenvalue weighted by Crippen LogP contribution is 2.30. The molecule has 0 bridgehead atoms. The Bertz CT molecular complexity index is 1060. The van der Waals surface area contributed by atoms with E-state index in [1.54, 1.807) is 11.8 Å². The van der Waals surface area contributed by atoms with E-state index >= 15 is 0 Å². The SMILES string of the molecule is O=C(CSc1cn(CCNC(=O)c2ccc(F)cc2)c2ccccc12)NC1CCCC1. The van der Waals surface area contributed by atoms with Gasteiger partial charge in [0.25, 0.3) is 5.91 Å². The minimum atomic E-state index is -0.364. The molecular weight excluding hydrogens is 413 g/mol. The summed E-state index contributed by atoms with van der Waals surface area (Å²) < 4.78 is 15.1. The third-order valence-corrected chi connectivity index (χ3v) is 6.62. The highest BCUT2D eigenvalue weighted by molar-refractivity contribution is 8.00. The number of para-hydroxylation sites is 1. The largest absolute Gasteiger partial charge is 0.353 e. The fourth-order valence-corrected chi connectivity index (χ4v) is 4.89. The van der Waals surface area contributed by atoms with Crippen LogP contribution >= 0.6 is 11.8 Å². The molecule has 1 fully saturated rings. The van der Waals surface area contributed by atoms with Gasteiger partial charge < -0.3 is 15.2 Å². The third-order valence-electron chi connectivity index (χ3n) is 5.58. The number of thioether (sulfide) groups is 1. The minimum Gasteiger partial charge on any atom is -0.353 e. The normalized spacial score (nSPS) is 14.1. The van der Waals surface area contributed by atoms with Crippen molar-refractivity contribution < 1.29 is 14.0 Å². The number of carbonyl (C=O) groups is 2. The van der Waals surface area contributed by atoms with Crippen molar-refractivity contribution in [2.75, 3.05) is 12.3 Å². The van der Waals surface area contributed by atoms with E-state index < -0.39 is 0 Å². The Morgan fingerprint density at radius 3 is 2.58 bits per heavy atom. The predicted molar refractivity (Wildman–Crippen MR) is 122 cm³/mol. The molecule has 2 amide bonds. The number of halogens is 1. The third kappa shape index (κ3) is 5.47. The maximum absolute atomic E-state index is 13.0. The van der Waals surface area contributed by atoms with E-state index in [-0.39, 0.29) is 17.6 Å². The Hall–Kier alpha value is -2.80. The Morgan fingerprint density at radius 1 is 1.06 bits per heavy atom. The van der Waals surface area contributed by atoms with Crippen LogP contribution in [-0.4, -0.2) is 34.7 Å². The number of hydrogen-bond acceptors (Lipinski definition) is 3. The Balaban J connectivity index is 1.36. The van der Waals surface area contributed by atoms with Crippen LogP contribution in [0, 0.1) is 5.82 Å². The topological polar surface area (TPSA) is 63.1 Å². The average molecular weight is 440 g/mol. The van der Waals surface area contributed by atoms with E-state index in [9.17, 15) is 14.0 Å². The Morgan fingerprint density at radius 2 is 1.81 bits per heavy atom. The summed E-state index contributed by atoms with van der Waals surface area (Å²) in [7, 11) is 0. The number of carbonyl (C=O) groups excluding carboxylic acids is 2. The maximum Gasteiger partial charge on any atom is 0.251 e. The lowest BCUT2D eigenvalue weighted by Gasteiger charge is -2.11. The summed E-state index contributed by atoms with van der Waals surface area (Å²) in [5.41, 5.74) is 1.50. The molecule has 3 aromatic rings. The number of nitrogens with zero attached hydrogens (tertiary/aromatic N) is 1. The van der Waals surface area contributed by atoms with Gasteiger partial charge in [-0.15, -0.1) is 11.8 Å². The molecule has 1 heterocycles. The second-order valence-corrected chi connectivity index (χ2v) is 8.82. The molecule has 1 aliphatic rings. The van der Waals surface area contributed by atoms with Crippen LogP contribution in [-0.2, 0) is 11.3 Å². The van der Waals surface area contributed by atoms with Crippen LogP contribution in [0.15, 0.2) is 59.6 Å². The van der Waals surface area contributed by atoms with Crippen molar-refractivity contribution in [1.29, 1.82) is 0 Å². The van der Waals surface area contributed by atoms with Gasteiger partial charge in [-0.25, -0.2) is 4.39 Å². The quantitative estimate of drug-likeness (QED) is 0.513. The molecule has 1 aliphatic carbocycles. The summed E-state index contributed by atoms with van der Waals surface area (Å²) in [5, 5.41) is 7.11. The summed E-state index contributed by atoms with van der Waals surface area (Å²) in [6, 6.07) is 13.9. The van der Waals surface area contributed by atoms with Gasteiger partial charge in [-0.05, 0) is 43.2 Å². The smallest absolute Gasteiger partial charge is 0.251 e. The molecule has 31 heavy (non-hydrogen) atoms. The first-order chi connectivity index (χ1) is 15.1. The lowest BCUT2D eigenvalue weighted by molar-refractivity contribution is -0.119. The standard InChI is InChI=1S/C24H26FN3O2S/c25-18-11-9-17(10-12-18)24(30)26-13-14-28-15-22(20-7-3-4-8-21(20)28)31-16-23(29)27-19-5-1-2-6-19/h3-4,7-12,15,19H,1-2,5-6,13-14,16H2,(H,26,30)(H,27,29). The van der Waals surface area contributed by atoms with Crippen LogP contribution in [0.5, 0.6) is 0 Å². The van der Waals surface area contributed by atoms with Crippen molar-refractivity contribution in [3.8, 4) is 0 Å². The van der Waals surface area contributed by atoms with Gasteiger partial charge in [0.1, 0.15) is 5.82 Å². The Kier molecular flexibility index (Phi) is 6.92. The molecule has 4 rings (SSSR count). The molecule has 1 saturated carbocycles. The molecule has 0 aliphatic heterocycles. The van der Waals surface area contributed by atoms with Gasteiger partial charge in [0.15, 0.2) is 0 Å². The maximum atomic E-state index is 13.0. The van der Waals surface area contributed by atoms with Crippen molar-refractivity contribution in [3.63, 3.8) is 0 Å². The zero-order chi connectivity index (χ0) is 21.6. The van der Waals surface area contributed by atoms with Gasteiger partial charge in [-0.2, -0.15) is 0 Å². The van der Waals surface area contributed by atoms with Gasteiger partial charge >= 0.3 is 0 Å². The molecule has 7 heteroatoms. The van der Waals surface area contributed by atoms with Crippen LogP contribution in [0.3, 0.4) is 0 Å². The van der Waals surface area contributed by atoms with E-state index in [0.29, 0.717) is 30.4 Å². The van der Waals surface area contributed by atoms with Crippen LogP contribution in [0.2, 0.25) is 0 Å². The first-order valence-corrected chi connectivity index (χ1v) is 11.6. The van der Waals surface area contributed by atoms with Crippen molar-refractivity contribution in [1.82, 2.24) is 15.2 Å². The van der Waals surface area contributed by atoms with E-state index in [1.165, 1.54) is 37.1 Å². The Labute approximate surface area is 185 Å². The van der Waals surface area contributed by atoms with Crippen molar-refractivity contribution in [3.05, 3.63) is 66.1 Å². The second kappa shape index (κ2) is 10.0. The summed E-state index contributed by atoms with van der Waals surface area (Å²) in [4.78, 5) is 25.6. The van der Waals surface area contributed by atoms with Crippen LogP contribution in [0.4, 0.5) is 4.39 Å². The van der Waals surface area contributed by atoms with Crippen LogP contribution < -0.4 is 10.6 Å². The molecule has 162 valence electrons. The van der Waals surface area contributed by atoms with Crippen molar-refractivity contribution in [2.24, 2.45) is 0 Å². The highest BCUT2D eigenvalue weighted by Gasteiger charge is 2.18. The second-order valence-electron chi connectivity index (χ2n) is 7.80. The molecular formula is C24H26FN3O2S. The van der Waals surface area contributed by atoms with E-state index in [1.807, 2.05) is 24.4 Å². The predicted octanol–water partition coefficient (Wildman–Crippen LogP) is 4.36. The molecule has 2 aromatic carbocycles. The summed E-state index contributed by atoms with van der Waals surface area (Å²) in [6.45, 7) is 1.05. The molecule has 0 atom stereocenters. The van der Waals surface area contributed by atoms with E-state index in [0.717, 1.165) is 28.6 Å². The molecule has 0 radical (unpaired) electrons. The molecule has 1 aromatic heterocycles. The fourth-order valence-electron chi connectivity index (χ4n) is 3.99. The monoisotopic (exact) mass is 439 g/mol. The number of aromatic nitrogens is 1. The zero-order valence-electron chi connectivity index (χ0n) is 17.3. The van der Waals surface area contributed by atoms with Gasteiger partial charge in [-0.1, -0.05) is 31.0 Å². The van der Waals surface area contributed by atoms with Gasteiger partial charge in [0.2, 0.25) is 5.91 Å². The molecule has 0 saturated heterocycles. The number of fused-ring (bicyclic) bond motifs is 1. The van der Waals surface area contributed by atoms with Gasteiger partial charge in [0, 0.05) is 46.7 Å². The lowest BCUT2D eigenvalue weighted by Crippen LogP contribution is -2.33. The fraction of sp³-hybridized carbons (Fsp3) is 0.333. The van der Waals surface area contributed by atoms with E-state index in [4.69, 9.17) is 0 Å². The number of hydrogen-bond donors (Lipinski definition) is 2. The van der Waals surface area contributed by atoms with E-state index in [2.05, 4.69) is 21.3 Å². The number of benzene rings is 2. The van der Waals surface area contributed by atoms with Crippen LogP contribution in [0.1, 0.15) is 36.0 Å². The molecule has 0 unspecified atom stereocenters.